The van der Waals surface area contributed by atoms with Gasteiger partial charge in [0.15, 0.2) is 0 Å². The zero-order chi connectivity index (χ0) is 13.8. The van der Waals surface area contributed by atoms with Gasteiger partial charge in [0.05, 0.1) is 19.0 Å². The molecule has 2 N–H and O–H groups in total. The van der Waals surface area contributed by atoms with Crippen molar-refractivity contribution >= 4 is 10.0 Å². The Kier molecular flexibility index (Phi) is 5.54. The lowest BCUT2D eigenvalue weighted by atomic mass is 10.1. The van der Waals surface area contributed by atoms with E-state index in [1.807, 2.05) is 13.8 Å². The fourth-order valence-electron chi connectivity index (χ4n) is 2.07. The van der Waals surface area contributed by atoms with Crippen molar-refractivity contribution in [2.75, 3.05) is 46.1 Å². The van der Waals surface area contributed by atoms with E-state index < -0.39 is 15.6 Å². The van der Waals surface area contributed by atoms with Crippen molar-refractivity contribution in [1.82, 2.24) is 14.9 Å². The van der Waals surface area contributed by atoms with Gasteiger partial charge in [-0.15, -0.1) is 0 Å². The Morgan fingerprint density at radius 1 is 1.44 bits per heavy atom. The van der Waals surface area contributed by atoms with Gasteiger partial charge in [0.2, 0.25) is 10.0 Å². The van der Waals surface area contributed by atoms with Gasteiger partial charge in [0.1, 0.15) is 0 Å². The van der Waals surface area contributed by atoms with E-state index in [4.69, 9.17) is 4.74 Å². The van der Waals surface area contributed by atoms with Gasteiger partial charge in [-0.3, -0.25) is 0 Å². The molecule has 0 aliphatic carbocycles. The van der Waals surface area contributed by atoms with E-state index in [9.17, 15) is 8.42 Å². The van der Waals surface area contributed by atoms with Crippen molar-refractivity contribution in [3.05, 3.63) is 0 Å². The molecule has 1 heterocycles. The van der Waals surface area contributed by atoms with Gasteiger partial charge in [0.25, 0.3) is 0 Å². The van der Waals surface area contributed by atoms with Gasteiger partial charge in [0, 0.05) is 31.7 Å². The van der Waals surface area contributed by atoms with Crippen LogP contribution in [0, 0.1) is 0 Å². The number of hydrogen-bond acceptors (Lipinski definition) is 5. The maximum absolute atomic E-state index is 11.2. The first-order chi connectivity index (χ1) is 8.18. The van der Waals surface area contributed by atoms with Gasteiger partial charge in [-0.1, -0.05) is 0 Å². The zero-order valence-electron chi connectivity index (χ0n) is 11.7. The average molecular weight is 279 g/mol. The molecule has 0 amide bonds. The van der Waals surface area contributed by atoms with E-state index in [1.54, 1.807) is 0 Å². The molecule has 1 aliphatic heterocycles. The van der Waals surface area contributed by atoms with E-state index in [-0.39, 0.29) is 6.10 Å². The molecule has 18 heavy (non-hydrogen) atoms. The monoisotopic (exact) mass is 279 g/mol. The van der Waals surface area contributed by atoms with Crippen molar-refractivity contribution in [2.24, 2.45) is 0 Å². The normalized spacial score (nSPS) is 23.2. The van der Waals surface area contributed by atoms with Crippen molar-refractivity contribution < 1.29 is 13.2 Å². The molecular formula is C11H25N3O3S. The molecule has 1 aliphatic rings. The Balaban J connectivity index is 2.28. The maximum atomic E-state index is 11.2. The van der Waals surface area contributed by atoms with E-state index in [2.05, 4.69) is 22.0 Å². The second kappa shape index (κ2) is 6.29. The lowest BCUT2D eigenvalue weighted by Gasteiger charge is -2.31. The highest BCUT2D eigenvalue weighted by molar-refractivity contribution is 7.88. The Hall–Kier alpha value is -0.210. The van der Waals surface area contributed by atoms with E-state index in [1.165, 1.54) is 6.26 Å². The molecule has 1 unspecified atom stereocenters. The summed E-state index contributed by atoms with van der Waals surface area (Å²) in [5, 5.41) is 3.26. The second-order valence-electron chi connectivity index (χ2n) is 5.64. The number of nitrogens with zero attached hydrogens (tertiary/aromatic N) is 1. The maximum Gasteiger partial charge on any atom is 0.209 e. The lowest BCUT2D eigenvalue weighted by molar-refractivity contribution is -0.0184. The predicted octanol–water partition coefficient (Wildman–Crippen LogP) is -0.766. The average Bonchev–Trinajstić information content (AvgIpc) is 2.13. The van der Waals surface area contributed by atoms with Crippen LogP contribution in [0.1, 0.15) is 13.8 Å². The third-order valence-corrected chi connectivity index (χ3v) is 3.67. The SMILES string of the molecule is CN1CCOC(CNCC(C)(C)NS(C)(=O)=O)C1. The first-order valence-corrected chi connectivity index (χ1v) is 8.07. The first-order valence-electron chi connectivity index (χ1n) is 6.18. The molecule has 0 aromatic rings. The number of ether oxygens (including phenoxy) is 1. The minimum atomic E-state index is -3.18. The third-order valence-electron chi connectivity index (χ3n) is 2.74. The summed E-state index contributed by atoms with van der Waals surface area (Å²) in [5.41, 5.74) is -0.492. The summed E-state index contributed by atoms with van der Waals surface area (Å²) in [4.78, 5) is 2.23. The Morgan fingerprint density at radius 2 is 2.11 bits per heavy atom. The second-order valence-corrected chi connectivity index (χ2v) is 7.39. The molecular weight excluding hydrogens is 254 g/mol. The molecule has 0 radical (unpaired) electrons. The number of likely N-dealkylation sites (N-methyl/N-ethyl adjacent to an activating group) is 1. The summed E-state index contributed by atoms with van der Waals surface area (Å²) in [6.45, 7) is 7.66. The van der Waals surface area contributed by atoms with Crippen molar-refractivity contribution in [3.63, 3.8) is 0 Å². The molecule has 0 aromatic carbocycles. The van der Waals surface area contributed by atoms with Crippen LogP contribution in [0.3, 0.4) is 0 Å². The molecule has 1 fully saturated rings. The van der Waals surface area contributed by atoms with Gasteiger partial charge < -0.3 is 15.0 Å². The molecule has 1 saturated heterocycles. The topological polar surface area (TPSA) is 70.7 Å². The number of morpholine rings is 1. The number of hydrogen-bond donors (Lipinski definition) is 2. The fourth-order valence-corrected chi connectivity index (χ4v) is 3.15. The molecule has 7 heteroatoms. The summed E-state index contributed by atoms with van der Waals surface area (Å²) < 4.78 is 30.6. The van der Waals surface area contributed by atoms with E-state index >= 15 is 0 Å². The van der Waals surface area contributed by atoms with Crippen LogP contribution < -0.4 is 10.0 Å². The Morgan fingerprint density at radius 3 is 2.67 bits per heavy atom. The van der Waals surface area contributed by atoms with Crippen molar-refractivity contribution in [1.29, 1.82) is 0 Å². The molecule has 108 valence electrons. The quantitative estimate of drug-likeness (QED) is 0.668. The molecule has 1 rings (SSSR count). The largest absolute Gasteiger partial charge is 0.374 e. The van der Waals surface area contributed by atoms with Crippen LogP contribution in [-0.2, 0) is 14.8 Å². The highest BCUT2D eigenvalue weighted by Crippen LogP contribution is 2.04. The molecule has 0 spiro atoms. The molecule has 0 saturated carbocycles. The van der Waals surface area contributed by atoms with Crippen LogP contribution in [0.25, 0.3) is 0 Å². The number of rotatable bonds is 6. The predicted molar refractivity (Wildman–Crippen MR) is 72.2 cm³/mol. The molecule has 1 atom stereocenters. The molecule has 0 aromatic heterocycles. The molecule has 0 bridgehead atoms. The summed E-state index contributed by atoms with van der Waals surface area (Å²) in [5.74, 6) is 0. The van der Waals surface area contributed by atoms with Crippen LogP contribution >= 0.6 is 0 Å². The number of nitrogens with one attached hydrogen (secondary N) is 2. The summed E-state index contributed by atoms with van der Waals surface area (Å²) in [7, 11) is -1.10. The minimum absolute atomic E-state index is 0.179. The Labute approximate surface area is 110 Å². The Bertz CT molecular complexity index is 357. The smallest absolute Gasteiger partial charge is 0.209 e. The standard InChI is InChI=1S/C11H25N3O3S/c1-11(2,13-18(4,15)16)9-12-7-10-8-14(3)5-6-17-10/h10,12-13H,5-9H2,1-4H3. The van der Waals surface area contributed by atoms with E-state index in [0.717, 1.165) is 26.2 Å². The lowest BCUT2D eigenvalue weighted by Crippen LogP contribution is -2.52. The third kappa shape index (κ3) is 6.65. The highest BCUT2D eigenvalue weighted by atomic mass is 32.2. The van der Waals surface area contributed by atoms with Crippen molar-refractivity contribution in [3.8, 4) is 0 Å². The minimum Gasteiger partial charge on any atom is -0.374 e. The fraction of sp³-hybridized carbons (Fsp3) is 1.00. The summed E-state index contributed by atoms with van der Waals surface area (Å²) in [6, 6.07) is 0. The van der Waals surface area contributed by atoms with Gasteiger partial charge >= 0.3 is 0 Å². The first kappa shape index (κ1) is 15.8. The van der Waals surface area contributed by atoms with Crippen molar-refractivity contribution in [2.45, 2.75) is 25.5 Å². The van der Waals surface area contributed by atoms with Crippen LogP contribution in [0.2, 0.25) is 0 Å². The number of sulfonamides is 1. The summed E-state index contributed by atoms with van der Waals surface area (Å²) >= 11 is 0. The zero-order valence-corrected chi connectivity index (χ0v) is 12.5. The van der Waals surface area contributed by atoms with Gasteiger partial charge in [-0.25, -0.2) is 13.1 Å². The van der Waals surface area contributed by atoms with Crippen LogP contribution in [-0.4, -0.2) is 71.0 Å². The molecule has 6 nitrogen and oxygen atoms in total. The van der Waals surface area contributed by atoms with Crippen LogP contribution in [0.5, 0.6) is 0 Å². The van der Waals surface area contributed by atoms with Gasteiger partial charge in [-0.2, -0.15) is 0 Å². The highest BCUT2D eigenvalue weighted by Gasteiger charge is 2.23. The van der Waals surface area contributed by atoms with Gasteiger partial charge in [-0.05, 0) is 20.9 Å². The van der Waals surface area contributed by atoms with E-state index in [0.29, 0.717) is 6.54 Å². The van der Waals surface area contributed by atoms with Crippen LogP contribution in [0.4, 0.5) is 0 Å². The summed E-state index contributed by atoms with van der Waals surface area (Å²) in [6.07, 6.45) is 1.35. The van der Waals surface area contributed by atoms with Crippen LogP contribution in [0.15, 0.2) is 0 Å².